The van der Waals surface area contributed by atoms with Gasteiger partial charge in [0.25, 0.3) is 5.91 Å². The number of aromatic nitrogens is 3. The predicted octanol–water partition coefficient (Wildman–Crippen LogP) is 4.84. The van der Waals surface area contributed by atoms with E-state index in [1.54, 1.807) is 0 Å². The molecule has 0 aliphatic carbocycles. The fraction of sp³-hybridized carbons (Fsp3) is 0.200. The summed E-state index contributed by atoms with van der Waals surface area (Å²) in [4.78, 5) is 27.7. The second-order valence-corrected chi connectivity index (χ2v) is 8.25. The third-order valence-electron chi connectivity index (χ3n) is 4.71. The predicted molar refractivity (Wildman–Crippen MR) is 111 cm³/mol. The van der Waals surface area contributed by atoms with E-state index < -0.39 is 42.1 Å². The van der Waals surface area contributed by atoms with Gasteiger partial charge < -0.3 is 15.5 Å². The summed E-state index contributed by atoms with van der Waals surface area (Å²) >= 11 is 0.489. The van der Waals surface area contributed by atoms with Crippen LogP contribution in [-0.2, 0) is 23.7 Å². The van der Waals surface area contributed by atoms with Crippen LogP contribution in [0.2, 0.25) is 0 Å². The molecule has 0 aliphatic rings. The molecule has 0 unspecified atom stereocenters. The van der Waals surface area contributed by atoms with Gasteiger partial charge in [-0.25, -0.2) is 4.98 Å². The third-order valence-corrected chi connectivity index (χ3v) is 5.81. The van der Waals surface area contributed by atoms with Crippen molar-refractivity contribution in [1.82, 2.24) is 14.8 Å². The molecule has 0 radical (unpaired) electrons. The Morgan fingerprint density at radius 2 is 1.89 bits per heavy atom. The number of anilines is 1. The molecule has 0 aliphatic heterocycles. The number of aryl methyl sites for hydroxylation is 1. The van der Waals surface area contributed by atoms with Crippen molar-refractivity contribution < 1.29 is 40.3 Å². The quantitative estimate of drug-likeness (QED) is 0.368. The Labute approximate surface area is 195 Å². The number of nitrogens with zero attached hydrogens (tertiary/aromatic N) is 3. The Bertz CT molecular complexity index is 1440. The molecule has 4 rings (SSSR count). The van der Waals surface area contributed by atoms with Crippen molar-refractivity contribution in [1.29, 1.82) is 0 Å². The average Bonchev–Trinajstić information content (AvgIpc) is 3.45. The Morgan fingerprint density at radius 3 is 2.46 bits per heavy atom. The van der Waals surface area contributed by atoms with Crippen LogP contribution in [0.1, 0.15) is 26.8 Å². The third kappa shape index (κ3) is 4.71. The van der Waals surface area contributed by atoms with E-state index in [9.17, 15) is 35.9 Å². The summed E-state index contributed by atoms with van der Waals surface area (Å²) in [6.07, 6.45) is -8.44. The number of primary amides is 1. The molecule has 8 nitrogen and oxygen atoms in total. The summed E-state index contributed by atoms with van der Waals surface area (Å²) in [5.74, 6) is -2.16. The number of nitrogens with one attached hydrogen (secondary N) is 1. The zero-order valence-corrected chi connectivity index (χ0v) is 18.2. The van der Waals surface area contributed by atoms with Crippen molar-refractivity contribution >= 4 is 39.1 Å². The first-order valence-corrected chi connectivity index (χ1v) is 10.4. The SMILES string of the molecule is Cc1cc(C(F)(F)F)n(CC(=O)Nc2c(C(N)=O)sc3nc(C(F)(F)F)cc(-c4ccco4)c23)n1. The number of hydrogen-bond acceptors (Lipinski definition) is 6. The maximum atomic E-state index is 13.4. The van der Waals surface area contributed by atoms with E-state index in [1.165, 1.54) is 25.3 Å². The minimum atomic E-state index is -4.85. The largest absolute Gasteiger partial charge is 0.464 e. The monoisotopic (exact) mass is 517 g/mol. The molecule has 0 bridgehead atoms. The summed E-state index contributed by atoms with van der Waals surface area (Å²) in [5.41, 5.74) is 2.46. The van der Waals surface area contributed by atoms with E-state index in [-0.39, 0.29) is 37.8 Å². The molecule has 0 spiro atoms. The number of hydrogen-bond donors (Lipinski definition) is 2. The van der Waals surface area contributed by atoms with E-state index >= 15 is 0 Å². The lowest BCUT2D eigenvalue weighted by Crippen LogP contribution is -2.24. The zero-order chi connectivity index (χ0) is 25.7. The summed E-state index contributed by atoms with van der Waals surface area (Å²) in [6.45, 7) is 0.406. The summed E-state index contributed by atoms with van der Waals surface area (Å²) in [7, 11) is 0. The number of amides is 2. The van der Waals surface area contributed by atoms with Crippen molar-refractivity contribution in [2.75, 3.05) is 5.32 Å². The molecule has 2 amide bonds. The summed E-state index contributed by atoms with van der Waals surface area (Å²) < 4.78 is 85.7. The Morgan fingerprint density at radius 1 is 1.17 bits per heavy atom. The molecule has 4 heterocycles. The molecule has 0 aromatic carbocycles. The number of carbonyl (C=O) groups is 2. The van der Waals surface area contributed by atoms with E-state index in [0.717, 1.165) is 6.07 Å². The van der Waals surface area contributed by atoms with Crippen molar-refractivity contribution in [2.45, 2.75) is 25.8 Å². The molecule has 35 heavy (non-hydrogen) atoms. The summed E-state index contributed by atoms with van der Waals surface area (Å²) in [5, 5.41) is 5.86. The summed E-state index contributed by atoms with van der Waals surface area (Å²) in [6, 6.07) is 4.18. The molecule has 15 heteroatoms. The van der Waals surface area contributed by atoms with Crippen LogP contribution >= 0.6 is 11.3 Å². The lowest BCUT2D eigenvalue weighted by atomic mass is 10.1. The molecule has 0 saturated heterocycles. The number of nitrogens with two attached hydrogens (primary N) is 1. The van der Waals surface area contributed by atoms with Gasteiger partial charge in [-0.2, -0.15) is 31.4 Å². The highest BCUT2D eigenvalue weighted by atomic mass is 32.1. The number of halogens is 6. The minimum absolute atomic E-state index is 0.00733. The number of carbonyl (C=O) groups excluding carboxylic acids is 2. The van der Waals surface area contributed by atoms with Crippen LogP contribution < -0.4 is 11.1 Å². The van der Waals surface area contributed by atoms with Crippen molar-refractivity contribution in [2.24, 2.45) is 5.73 Å². The van der Waals surface area contributed by atoms with Crippen molar-refractivity contribution in [3.8, 4) is 11.3 Å². The van der Waals surface area contributed by atoms with Crippen LogP contribution in [0.3, 0.4) is 0 Å². The van der Waals surface area contributed by atoms with Crippen LogP contribution in [0.4, 0.5) is 32.0 Å². The number of pyridine rings is 1. The van der Waals surface area contributed by atoms with Gasteiger partial charge in [-0.15, -0.1) is 11.3 Å². The molecular formula is C20H13F6N5O3S. The first kappa shape index (κ1) is 24.3. The van der Waals surface area contributed by atoms with Crippen LogP contribution in [0.5, 0.6) is 0 Å². The van der Waals surface area contributed by atoms with Gasteiger partial charge in [0.15, 0.2) is 0 Å². The first-order valence-electron chi connectivity index (χ1n) is 9.55. The lowest BCUT2D eigenvalue weighted by molar-refractivity contribution is -0.144. The second-order valence-electron chi connectivity index (χ2n) is 7.26. The van der Waals surface area contributed by atoms with E-state index in [4.69, 9.17) is 10.2 Å². The molecule has 3 N–H and O–H groups in total. The highest BCUT2D eigenvalue weighted by Gasteiger charge is 2.37. The standard InChI is InChI=1S/C20H13F6N5O3S/c1-8-5-12(20(24,25)26)31(30-8)7-13(32)29-15-14-9(10-3-2-4-34-10)6-11(19(21,22)23)28-18(14)35-16(15)17(27)33/h2-6H,7H2,1H3,(H2,27,33)(H,29,32). The fourth-order valence-corrected chi connectivity index (χ4v) is 4.38. The van der Waals surface area contributed by atoms with Crippen LogP contribution in [-0.4, -0.2) is 26.6 Å². The fourth-order valence-electron chi connectivity index (χ4n) is 3.37. The molecule has 4 aromatic rings. The van der Waals surface area contributed by atoms with Gasteiger partial charge in [-0.1, -0.05) is 0 Å². The van der Waals surface area contributed by atoms with Crippen LogP contribution in [0.25, 0.3) is 21.5 Å². The van der Waals surface area contributed by atoms with Gasteiger partial charge >= 0.3 is 12.4 Å². The van der Waals surface area contributed by atoms with Gasteiger partial charge in [-0.3, -0.25) is 14.3 Å². The topological polar surface area (TPSA) is 116 Å². The van der Waals surface area contributed by atoms with Gasteiger partial charge in [-0.05, 0) is 31.2 Å². The van der Waals surface area contributed by atoms with Crippen LogP contribution in [0, 0.1) is 6.92 Å². The van der Waals surface area contributed by atoms with E-state index in [1.807, 2.05) is 0 Å². The average molecular weight is 517 g/mol. The molecule has 184 valence electrons. The lowest BCUT2D eigenvalue weighted by Gasteiger charge is -2.12. The first-order chi connectivity index (χ1) is 16.3. The van der Waals surface area contributed by atoms with E-state index in [0.29, 0.717) is 22.1 Å². The second kappa shape index (κ2) is 8.41. The number of furan rings is 1. The Hall–Kier alpha value is -3.88. The smallest absolute Gasteiger partial charge is 0.433 e. The van der Waals surface area contributed by atoms with Crippen molar-refractivity contribution in [3.05, 3.63) is 52.5 Å². The number of fused-ring (bicyclic) bond motifs is 1. The van der Waals surface area contributed by atoms with Crippen LogP contribution in [0.15, 0.2) is 34.9 Å². The molecule has 0 saturated carbocycles. The molecule has 4 aromatic heterocycles. The zero-order valence-electron chi connectivity index (χ0n) is 17.4. The minimum Gasteiger partial charge on any atom is -0.464 e. The van der Waals surface area contributed by atoms with Gasteiger partial charge in [0.1, 0.15) is 33.4 Å². The molecule has 0 fully saturated rings. The normalized spacial score (nSPS) is 12.3. The van der Waals surface area contributed by atoms with Gasteiger partial charge in [0, 0.05) is 10.9 Å². The number of thiophene rings is 1. The maximum Gasteiger partial charge on any atom is 0.433 e. The molecule has 0 atom stereocenters. The highest BCUT2D eigenvalue weighted by molar-refractivity contribution is 7.21. The van der Waals surface area contributed by atoms with Crippen molar-refractivity contribution in [3.63, 3.8) is 0 Å². The number of alkyl halides is 6. The molecular weight excluding hydrogens is 504 g/mol. The van der Waals surface area contributed by atoms with Gasteiger partial charge in [0.2, 0.25) is 5.91 Å². The Balaban J connectivity index is 1.84. The number of rotatable bonds is 5. The highest BCUT2D eigenvalue weighted by Crippen LogP contribution is 2.43. The van der Waals surface area contributed by atoms with Gasteiger partial charge in [0.05, 0.1) is 17.6 Å². The van der Waals surface area contributed by atoms with E-state index in [2.05, 4.69) is 15.4 Å². The maximum absolute atomic E-state index is 13.4. The Kier molecular flexibility index (Phi) is 5.82.